The topological polar surface area (TPSA) is 54.0 Å². The molecule has 39 heavy (non-hydrogen) atoms. The van der Waals surface area contributed by atoms with Gasteiger partial charge in [-0.15, -0.1) is 0 Å². The van der Waals surface area contributed by atoms with Gasteiger partial charge in [0.25, 0.3) is 0 Å². The lowest BCUT2D eigenvalue weighted by atomic mass is 9.62. The summed E-state index contributed by atoms with van der Waals surface area (Å²) in [5.41, 5.74) is 6.48. The van der Waals surface area contributed by atoms with Gasteiger partial charge in [0.15, 0.2) is 0 Å². The maximum absolute atomic E-state index is 11.9. The maximum atomic E-state index is 11.9. The lowest BCUT2D eigenvalue weighted by Crippen LogP contribution is -2.33. The molecule has 0 saturated carbocycles. The van der Waals surface area contributed by atoms with E-state index in [1.807, 2.05) is 42.5 Å². The molecule has 3 aromatic rings. The molecule has 0 bridgehead atoms. The molecule has 0 fully saturated rings. The number of ether oxygens (including phenoxy) is 4. The van der Waals surface area contributed by atoms with Gasteiger partial charge in [-0.1, -0.05) is 45.9 Å². The van der Waals surface area contributed by atoms with Crippen molar-refractivity contribution in [2.75, 3.05) is 20.8 Å². The minimum absolute atomic E-state index is 0.0274. The van der Waals surface area contributed by atoms with Gasteiger partial charge in [-0.25, -0.2) is 4.79 Å². The first-order valence-electron chi connectivity index (χ1n) is 13.6. The van der Waals surface area contributed by atoms with E-state index in [2.05, 4.69) is 39.8 Å². The molecule has 5 nitrogen and oxygen atoms in total. The highest BCUT2D eigenvalue weighted by Gasteiger charge is 2.38. The molecular formula is C34H40O5. The van der Waals surface area contributed by atoms with E-state index in [9.17, 15) is 4.79 Å². The predicted molar refractivity (Wildman–Crippen MR) is 157 cm³/mol. The highest BCUT2D eigenvalue weighted by molar-refractivity contribution is 5.88. The molecule has 0 aromatic heterocycles. The summed E-state index contributed by atoms with van der Waals surface area (Å²) >= 11 is 0. The average Bonchev–Trinajstić information content (AvgIpc) is 2.93. The van der Waals surface area contributed by atoms with Gasteiger partial charge < -0.3 is 18.9 Å². The van der Waals surface area contributed by atoms with Crippen LogP contribution in [0, 0.1) is 0 Å². The Labute approximate surface area is 232 Å². The van der Waals surface area contributed by atoms with Gasteiger partial charge in [0.05, 0.1) is 20.8 Å². The van der Waals surface area contributed by atoms with Crippen LogP contribution in [0.25, 0.3) is 17.2 Å². The highest BCUT2D eigenvalue weighted by Crippen LogP contribution is 2.50. The van der Waals surface area contributed by atoms with E-state index >= 15 is 0 Å². The van der Waals surface area contributed by atoms with Crippen molar-refractivity contribution >= 4 is 12.0 Å². The molecule has 3 aromatic carbocycles. The second-order valence-corrected chi connectivity index (χ2v) is 11.3. The van der Waals surface area contributed by atoms with Crippen molar-refractivity contribution in [3.05, 3.63) is 82.9 Å². The molecule has 0 radical (unpaired) electrons. The number of hydrogen-bond acceptors (Lipinski definition) is 5. The van der Waals surface area contributed by atoms with Gasteiger partial charge >= 0.3 is 5.97 Å². The Balaban J connectivity index is 1.86. The van der Waals surface area contributed by atoms with Gasteiger partial charge in [0.2, 0.25) is 0 Å². The van der Waals surface area contributed by atoms with E-state index in [0.29, 0.717) is 13.2 Å². The van der Waals surface area contributed by atoms with Crippen molar-refractivity contribution in [2.45, 2.75) is 64.9 Å². The second-order valence-electron chi connectivity index (χ2n) is 11.3. The Morgan fingerprint density at radius 3 is 2.21 bits per heavy atom. The minimum atomic E-state index is -0.366. The van der Waals surface area contributed by atoms with Crippen LogP contribution in [0.4, 0.5) is 0 Å². The fourth-order valence-electron chi connectivity index (χ4n) is 5.24. The molecule has 206 valence electrons. The van der Waals surface area contributed by atoms with Crippen LogP contribution in [0.3, 0.4) is 0 Å². The van der Waals surface area contributed by atoms with Gasteiger partial charge in [-0.2, -0.15) is 0 Å². The number of methoxy groups -OCH3 is 2. The normalized spacial score (nSPS) is 15.5. The molecule has 0 saturated heterocycles. The van der Waals surface area contributed by atoms with Crippen molar-refractivity contribution in [1.82, 2.24) is 0 Å². The van der Waals surface area contributed by atoms with Crippen LogP contribution in [-0.2, 0) is 27.0 Å². The summed E-state index contributed by atoms with van der Waals surface area (Å²) in [4.78, 5) is 11.9. The van der Waals surface area contributed by atoms with Crippen LogP contribution in [0.15, 0.2) is 60.7 Å². The third-order valence-electron chi connectivity index (χ3n) is 7.69. The van der Waals surface area contributed by atoms with Gasteiger partial charge in [0.1, 0.15) is 23.9 Å². The van der Waals surface area contributed by atoms with E-state index in [-0.39, 0.29) is 16.8 Å². The SMILES string of the molecule is CCOC(=O)/C=C/c1ccc(OC)c(-c2cc3c(cc2OCc2cccc(OC)c2)C(C)(C)CCC3(C)C)c1. The summed E-state index contributed by atoms with van der Waals surface area (Å²) in [5.74, 6) is 1.97. The fraction of sp³-hybridized carbons (Fsp3) is 0.382. The quantitative estimate of drug-likeness (QED) is 0.209. The van der Waals surface area contributed by atoms with Crippen LogP contribution in [0.2, 0.25) is 0 Å². The maximum Gasteiger partial charge on any atom is 0.330 e. The zero-order chi connectivity index (χ0) is 28.2. The van der Waals surface area contributed by atoms with Crippen LogP contribution >= 0.6 is 0 Å². The molecule has 0 N–H and O–H groups in total. The molecule has 0 atom stereocenters. The molecule has 0 amide bonds. The summed E-state index contributed by atoms with van der Waals surface area (Å²) < 4.78 is 22.9. The van der Waals surface area contributed by atoms with Crippen molar-refractivity contribution < 1.29 is 23.7 Å². The molecule has 0 unspecified atom stereocenters. The van der Waals surface area contributed by atoms with E-state index in [1.54, 1.807) is 27.2 Å². The predicted octanol–water partition coefficient (Wildman–Crippen LogP) is 7.88. The van der Waals surface area contributed by atoms with Crippen LogP contribution < -0.4 is 14.2 Å². The van der Waals surface area contributed by atoms with Crippen LogP contribution in [-0.4, -0.2) is 26.8 Å². The highest BCUT2D eigenvalue weighted by atomic mass is 16.5. The van der Waals surface area contributed by atoms with E-state index in [4.69, 9.17) is 18.9 Å². The standard InChI is InChI=1S/C34H40O5/c1-8-38-32(35)15-13-23-12-14-30(37-7)26(19-23)27-20-28-29(34(4,5)17-16-33(28,2)3)21-31(27)39-22-24-10-9-11-25(18-24)36-6/h9-15,18-21H,8,16-17,22H2,1-7H3/b15-13+. The summed E-state index contributed by atoms with van der Waals surface area (Å²) in [5, 5.41) is 0. The number of carbonyl (C=O) groups is 1. The number of hydrogen-bond donors (Lipinski definition) is 0. The third-order valence-corrected chi connectivity index (χ3v) is 7.69. The molecular weight excluding hydrogens is 488 g/mol. The van der Waals surface area contributed by atoms with Crippen molar-refractivity contribution in [3.63, 3.8) is 0 Å². The zero-order valence-corrected chi connectivity index (χ0v) is 24.2. The summed E-state index contributed by atoms with van der Waals surface area (Å²) in [6.45, 7) is 11.8. The second kappa shape index (κ2) is 11.6. The van der Waals surface area contributed by atoms with E-state index < -0.39 is 0 Å². The number of fused-ring (bicyclic) bond motifs is 1. The Kier molecular flexibility index (Phi) is 8.39. The van der Waals surface area contributed by atoms with E-state index in [1.165, 1.54) is 17.2 Å². The lowest BCUT2D eigenvalue weighted by Gasteiger charge is -2.42. The molecule has 1 aliphatic carbocycles. The zero-order valence-electron chi connectivity index (χ0n) is 24.2. The summed E-state index contributed by atoms with van der Waals surface area (Å²) in [6, 6.07) is 18.3. The summed E-state index contributed by atoms with van der Waals surface area (Å²) in [7, 11) is 3.34. The first-order chi connectivity index (χ1) is 18.6. The Morgan fingerprint density at radius 2 is 1.54 bits per heavy atom. The third kappa shape index (κ3) is 6.30. The monoisotopic (exact) mass is 528 g/mol. The number of esters is 1. The molecule has 0 heterocycles. The van der Waals surface area contributed by atoms with E-state index in [0.717, 1.165) is 52.3 Å². The lowest BCUT2D eigenvalue weighted by molar-refractivity contribution is -0.137. The Hall–Kier alpha value is -3.73. The molecule has 0 spiro atoms. The van der Waals surface area contributed by atoms with Crippen LogP contribution in [0.5, 0.6) is 17.2 Å². The first kappa shape index (κ1) is 28.3. The smallest absolute Gasteiger partial charge is 0.330 e. The molecule has 5 heteroatoms. The largest absolute Gasteiger partial charge is 0.497 e. The number of rotatable bonds is 9. The first-order valence-corrected chi connectivity index (χ1v) is 13.6. The Morgan fingerprint density at radius 1 is 0.846 bits per heavy atom. The minimum Gasteiger partial charge on any atom is -0.497 e. The Bertz CT molecular complexity index is 1370. The molecule has 0 aliphatic heterocycles. The number of carbonyl (C=O) groups excluding carboxylic acids is 1. The van der Waals surface area contributed by atoms with Crippen LogP contribution in [0.1, 0.15) is 69.7 Å². The fourth-order valence-corrected chi connectivity index (χ4v) is 5.24. The van der Waals surface area contributed by atoms with Crippen molar-refractivity contribution in [3.8, 4) is 28.4 Å². The van der Waals surface area contributed by atoms with Gasteiger partial charge in [0, 0.05) is 17.2 Å². The van der Waals surface area contributed by atoms with Crippen molar-refractivity contribution in [1.29, 1.82) is 0 Å². The average molecular weight is 529 g/mol. The van der Waals surface area contributed by atoms with Gasteiger partial charge in [-0.3, -0.25) is 0 Å². The molecule has 4 rings (SSSR count). The number of benzene rings is 3. The van der Waals surface area contributed by atoms with Gasteiger partial charge in [-0.05, 0) is 95.3 Å². The molecule has 1 aliphatic rings. The summed E-state index contributed by atoms with van der Waals surface area (Å²) in [6.07, 6.45) is 5.44. The van der Waals surface area contributed by atoms with Crippen molar-refractivity contribution in [2.24, 2.45) is 0 Å².